The Hall–Kier alpha value is -2.03. The molecule has 0 aliphatic rings. The Bertz CT molecular complexity index is 597. The lowest BCUT2D eigenvalue weighted by Gasteiger charge is -2.08. The molecule has 0 bridgehead atoms. The van der Waals surface area contributed by atoms with E-state index in [9.17, 15) is 9.90 Å². The Morgan fingerprint density at radius 3 is 2.50 bits per heavy atom. The molecular weight excluding hydrogens is 228 g/mol. The number of rotatable bonds is 3. The Balaban J connectivity index is 2.46. The van der Waals surface area contributed by atoms with Crippen molar-refractivity contribution in [2.45, 2.75) is 26.7 Å². The molecule has 1 aromatic carbocycles. The summed E-state index contributed by atoms with van der Waals surface area (Å²) in [6.07, 6.45) is 0.986. The van der Waals surface area contributed by atoms with Gasteiger partial charge in [0, 0.05) is 18.4 Å². The minimum absolute atomic E-state index is 0.0620. The highest BCUT2D eigenvalue weighted by molar-refractivity contribution is 5.41. The fourth-order valence-electron chi connectivity index (χ4n) is 2.00. The summed E-state index contributed by atoms with van der Waals surface area (Å²) in [5, 5.41) is 10.1. The quantitative estimate of drug-likeness (QED) is 0.903. The summed E-state index contributed by atoms with van der Waals surface area (Å²) >= 11 is 0. The fraction of sp³-hybridized carbons (Fsp3) is 0.267. The van der Waals surface area contributed by atoms with Gasteiger partial charge in [-0.1, -0.05) is 37.3 Å². The maximum atomic E-state index is 11.8. The molecule has 0 saturated heterocycles. The minimum atomic E-state index is -0.446. The molecule has 0 amide bonds. The number of hydrogen-bond acceptors (Lipinski definition) is 3. The number of aryl methyl sites for hydroxylation is 1. The van der Waals surface area contributed by atoms with Crippen LogP contribution in [0.4, 0.5) is 0 Å². The van der Waals surface area contributed by atoms with E-state index in [1.165, 1.54) is 0 Å². The molecule has 1 N–H and O–H groups in total. The first-order valence-electron chi connectivity index (χ1n) is 6.01. The molecule has 0 saturated carbocycles. The standard InChI is InChI=1S/C15H16O3/c1-3-13-10(2)14(16)12(15(17)18-13)9-11-7-5-4-6-8-11/h4-8,16H,3,9H2,1-2H3. The second-order valence-electron chi connectivity index (χ2n) is 4.28. The molecule has 1 heterocycles. The summed E-state index contributed by atoms with van der Waals surface area (Å²) in [5.74, 6) is 0.612. The SMILES string of the molecule is CCc1oc(=O)c(Cc2ccccc2)c(O)c1C. The monoisotopic (exact) mass is 244 g/mol. The highest BCUT2D eigenvalue weighted by Crippen LogP contribution is 2.24. The first kappa shape index (κ1) is 12.4. The Labute approximate surface area is 106 Å². The Kier molecular flexibility index (Phi) is 3.51. The summed E-state index contributed by atoms with van der Waals surface area (Å²) in [6, 6.07) is 9.56. The second-order valence-corrected chi connectivity index (χ2v) is 4.28. The lowest BCUT2D eigenvalue weighted by molar-refractivity contribution is 0.410. The zero-order valence-corrected chi connectivity index (χ0v) is 10.6. The molecule has 0 spiro atoms. The van der Waals surface area contributed by atoms with Gasteiger partial charge in [0.05, 0.1) is 5.56 Å². The smallest absolute Gasteiger partial charge is 0.343 e. The van der Waals surface area contributed by atoms with Crippen LogP contribution in [-0.4, -0.2) is 5.11 Å². The third-order valence-corrected chi connectivity index (χ3v) is 3.07. The molecule has 0 aliphatic carbocycles. The van der Waals surface area contributed by atoms with Crippen molar-refractivity contribution in [3.8, 4) is 5.75 Å². The fourth-order valence-corrected chi connectivity index (χ4v) is 2.00. The molecule has 0 fully saturated rings. The second kappa shape index (κ2) is 5.08. The van der Waals surface area contributed by atoms with E-state index in [-0.39, 0.29) is 5.75 Å². The zero-order valence-electron chi connectivity index (χ0n) is 10.6. The van der Waals surface area contributed by atoms with Crippen molar-refractivity contribution in [2.75, 3.05) is 0 Å². The molecule has 0 unspecified atom stereocenters. The first-order valence-corrected chi connectivity index (χ1v) is 6.01. The van der Waals surface area contributed by atoms with Crippen molar-refractivity contribution >= 4 is 0 Å². The highest BCUT2D eigenvalue weighted by atomic mass is 16.4. The van der Waals surface area contributed by atoms with E-state index >= 15 is 0 Å². The molecule has 2 aromatic rings. The van der Waals surface area contributed by atoms with Gasteiger partial charge in [-0.25, -0.2) is 4.79 Å². The first-order chi connectivity index (χ1) is 8.63. The van der Waals surface area contributed by atoms with Crippen LogP contribution in [0.25, 0.3) is 0 Å². The van der Waals surface area contributed by atoms with Crippen LogP contribution >= 0.6 is 0 Å². The molecule has 0 aliphatic heterocycles. The molecule has 1 aromatic heterocycles. The van der Waals surface area contributed by atoms with E-state index < -0.39 is 5.63 Å². The predicted octanol–water partition coefficient (Wildman–Crippen LogP) is 2.81. The lowest BCUT2D eigenvalue weighted by Crippen LogP contribution is -2.11. The Morgan fingerprint density at radius 2 is 1.89 bits per heavy atom. The Morgan fingerprint density at radius 1 is 1.22 bits per heavy atom. The van der Waals surface area contributed by atoms with Crippen molar-refractivity contribution in [3.05, 3.63) is 63.2 Å². The van der Waals surface area contributed by atoms with Gasteiger partial charge in [-0.15, -0.1) is 0 Å². The largest absolute Gasteiger partial charge is 0.507 e. The van der Waals surface area contributed by atoms with Gasteiger partial charge < -0.3 is 9.52 Å². The van der Waals surface area contributed by atoms with E-state index in [2.05, 4.69) is 0 Å². The average molecular weight is 244 g/mol. The van der Waals surface area contributed by atoms with E-state index in [1.54, 1.807) is 6.92 Å². The maximum absolute atomic E-state index is 11.8. The van der Waals surface area contributed by atoms with Gasteiger partial charge in [0.15, 0.2) is 0 Å². The van der Waals surface area contributed by atoms with E-state index in [1.807, 2.05) is 37.3 Å². The van der Waals surface area contributed by atoms with Gasteiger partial charge >= 0.3 is 5.63 Å². The van der Waals surface area contributed by atoms with Crippen LogP contribution in [0, 0.1) is 6.92 Å². The summed E-state index contributed by atoms with van der Waals surface area (Å²) in [7, 11) is 0. The summed E-state index contributed by atoms with van der Waals surface area (Å²) in [5.41, 5.74) is 1.52. The van der Waals surface area contributed by atoms with Crippen LogP contribution < -0.4 is 5.63 Å². The summed E-state index contributed by atoms with van der Waals surface area (Å²) < 4.78 is 5.23. The van der Waals surface area contributed by atoms with Crippen LogP contribution in [0.15, 0.2) is 39.5 Å². The average Bonchev–Trinajstić information content (AvgIpc) is 2.40. The predicted molar refractivity (Wildman–Crippen MR) is 70.0 cm³/mol. The molecule has 0 atom stereocenters. The summed E-state index contributed by atoms with van der Waals surface area (Å²) in [4.78, 5) is 11.8. The van der Waals surface area contributed by atoms with Crippen molar-refractivity contribution in [2.24, 2.45) is 0 Å². The molecule has 0 radical (unpaired) electrons. The van der Waals surface area contributed by atoms with Crippen molar-refractivity contribution in [1.29, 1.82) is 0 Å². The third-order valence-electron chi connectivity index (χ3n) is 3.07. The molecule has 3 nitrogen and oxygen atoms in total. The van der Waals surface area contributed by atoms with Crippen LogP contribution in [0.2, 0.25) is 0 Å². The minimum Gasteiger partial charge on any atom is -0.507 e. The van der Waals surface area contributed by atoms with Crippen molar-refractivity contribution < 1.29 is 9.52 Å². The van der Waals surface area contributed by atoms with Gasteiger partial charge in [-0.2, -0.15) is 0 Å². The van der Waals surface area contributed by atoms with Gasteiger partial charge in [0.1, 0.15) is 11.5 Å². The van der Waals surface area contributed by atoms with Gasteiger partial charge in [0.25, 0.3) is 0 Å². The number of aromatic hydroxyl groups is 1. The normalized spacial score (nSPS) is 10.6. The van der Waals surface area contributed by atoms with Gasteiger partial charge in [-0.3, -0.25) is 0 Å². The van der Waals surface area contributed by atoms with Crippen LogP contribution in [0.3, 0.4) is 0 Å². The van der Waals surface area contributed by atoms with Crippen LogP contribution in [-0.2, 0) is 12.8 Å². The summed E-state index contributed by atoms with van der Waals surface area (Å²) in [6.45, 7) is 3.66. The van der Waals surface area contributed by atoms with Crippen molar-refractivity contribution in [1.82, 2.24) is 0 Å². The molecule has 94 valence electrons. The number of hydrogen-bond donors (Lipinski definition) is 1. The topological polar surface area (TPSA) is 50.4 Å². The van der Waals surface area contributed by atoms with Crippen molar-refractivity contribution in [3.63, 3.8) is 0 Å². The molecular formula is C15H16O3. The molecule has 3 heteroatoms. The third kappa shape index (κ3) is 2.30. The van der Waals surface area contributed by atoms with Gasteiger partial charge in [0.2, 0.25) is 0 Å². The van der Waals surface area contributed by atoms with Crippen LogP contribution in [0.1, 0.15) is 29.4 Å². The van der Waals surface area contributed by atoms with Crippen LogP contribution in [0.5, 0.6) is 5.75 Å². The molecule has 2 rings (SSSR count). The maximum Gasteiger partial charge on any atom is 0.343 e. The zero-order chi connectivity index (χ0) is 13.1. The van der Waals surface area contributed by atoms with Gasteiger partial charge in [-0.05, 0) is 12.5 Å². The van der Waals surface area contributed by atoms with E-state index in [4.69, 9.17) is 4.42 Å². The van der Waals surface area contributed by atoms with E-state index in [0.717, 1.165) is 5.56 Å². The highest BCUT2D eigenvalue weighted by Gasteiger charge is 2.15. The lowest BCUT2D eigenvalue weighted by atomic mass is 10.0. The number of benzene rings is 1. The van der Waals surface area contributed by atoms with E-state index in [0.29, 0.717) is 29.7 Å². The molecule has 18 heavy (non-hydrogen) atoms.